The van der Waals surface area contributed by atoms with E-state index in [9.17, 15) is 4.79 Å². The molecule has 6 N–H and O–H groups in total. The van der Waals surface area contributed by atoms with Gasteiger partial charge in [0, 0.05) is 0 Å². The summed E-state index contributed by atoms with van der Waals surface area (Å²) < 4.78 is 0. The van der Waals surface area contributed by atoms with Crippen molar-refractivity contribution in [1.29, 1.82) is 0 Å². The summed E-state index contributed by atoms with van der Waals surface area (Å²) in [6.07, 6.45) is 1.14. The maximum Gasteiger partial charge on any atom is 0.402 e. The van der Waals surface area contributed by atoms with Crippen LogP contribution in [0.4, 0.5) is 4.79 Å². The molecule has 0 saturated heterocycles. The molecule has 0 aliphatic rings. The Balaban J connectivity index is 0. The van der Waals surface area contributed by atoms with Gasteiger partial charge < -0.3 is 21.7 Å². The number of rotatable bonds is 4. The van der Waals surface area contributed by atoms with Gasteiger partial charge in [0.15, 0.2) is 0 Å². The molecule has 78 valence electrons. The molecule has 0 aromatic heterocycles. The third-order valence-corrected chi connectivity index (χ3v) is 1.59. The Kier molecular flexibility index (Phi) is 10.2. The van der Waals surface area contributed by atoms with Crippen molar-refractivity contribution < 1.29 is 19.8 Å². The van der Waals surface area contributed by atoms with Gasteiger partial charge in [0.1, 0.15) is 6.04 Å². The average molecular weight is 210 g/mol. The molecular weight excluding hydrogens is 196 g/mol. The summed E-state index contributed by atoms with van der Waals surface area (Å²) in [5.41, 5.74) is 9.22. The van der Waals surface area contributed by atoms with Crippen molar-refractivity contribution in [3.8, 4) is 0 Å². The Labute approximate surface area is 80.3 Å². The van der Waals surface area contributed by atoms with E-state index < -0.39 is 18.1 Å². The Bertz CT molecular complexity index is 161. The third-order valence-electron chi connectivity index (χ3n) is 0.950. The number of carbonyl (C=O) groups is 2. The Hall–Kier alpha value is -0.950. The van der Waals surface area contributed by atoms with Crippen LogP contribution in [-0.2, 0) is 4.79 Å². The van der Waals surface area contributed by atoms with Crippen LogP contribution in [0, 0.1) is 0 Å². The average Bonchev–Trinajstić information content (AvgIpc) is 1.98. The summed E-state index contributed by atoms with van der Waals surface area (Å²) in [6.45, 7) is 0. The van der Waals surface area contributed by atoms with Crippen LogP contribution in [0.25, 0.3) is 0 Å². The van der Waals surface area contributed by atoms with Crippen molar-refractivity contribution in [1.82, 2.24) is 0 Å². The molecule has 7 heteroatoms. The fourth-order valence-electron chi connectivity index (χ4n) is 0.368. The van der Waals surface area contributed by atoms with E-state index in [1.807, 2.05) is 6.26 Å². The van der Waals surface area contributed by atoms with Crippen LogP contribution < -0.4 is 11.5 Å². The number of hydrogen-bond donors (Lipinski definition) is 4. The fourth-order valence-corrected chi connectivity index (χ4v) is 0.858. The van der Waals surface area contributed by atoms with Gasteiger partial charge in [-0.25, -0.2) is 4.79 Å². The third kappa shape index (κ3) is 18.2. The van der Waals surface area contributed by atoms with E-state index in [2.05, 4.69) is 5.73 Å². The minimum absolute atomic E-state index is 0.552. The molecular formula is C6H14N2O4S. The molecule has 1 unspecified atom stereocenters. The molecule has 13 heavy (non-hydrogen) atoms. The summed E-state index contributed by atoms with van der Waals surface area (Å²) in [5, 5.41) is 15.5. The Morgan fingerprint density at radius 2 is 1.85 bits per heavy atom. The van der Waals surface area contributed by atoms with E-state index >= 15 is 0 Å². The van der Waals surface area contributed by atoms with Crippen LogP contribution in [0.1, 0.15) is 6.42 Å². The minimum atomic E-state index is -1.33. The van der Waals surface area contributed by atoms with E-state index in [0.717, 1.165) is 5.75 Å². The molecule has 0 spiro atoms. The summed E-state index contributed by atoms with van der Waals surface area (Å²) in [5.74, 6) is -0.1000. The molecule has 1 atom stereocenters. The monoisotopic (exact) mass is 210 g/mol. The molecule has 1 amide bonds. The summed E-state index contributed by atoms with van der Waals surface area (Å²) >= 11 is 1.60. The first kappa shape index (κ1) is 14.6. The van der Waals surface area contributed by atoms with E-state index in [1.54, 1.807) is 11.8 Å². The Morgan fingerprint density at radius 1 is 1.46 bits per heavy atom. The number of carboxylic acid groups (broad SMARTS) is 2. The second-order valence-corrected chi connectivity index (χ2v) is 3.05. The lowest BCUT2D eigenvalue weighted by molar-refractivity contribution is -0.138. The van der Waals surface area contributed by atoms with Gasteiger partial charge in [-0.1, -0.05) is 0 Å². The highest BCUT2D eigenvalue weighted by Crippen LogP contribution is 1.97. The molecule has 0 aliphatic carbocycles. The summed E-state index contributed by atoms with van der Waals surface area (Å²) in [6, 6.07) is -0.683. The highest BCUT2D eigenvalue weighted by Gasteiger charge is 2.08. The summed E-state index contributed by atoms with van der Waals surface area (Å²) in [7, 11) is 0. The Morgan fingerprint density at radius 3 is 2.08 bits per heavy atom. The normalized spacial score (nSPS) is 10.9. The van der Waals surface area contributed by atoms with Crippen molar-refractivity contribution in [3.05, 3.63) is 0 Å². The predicted molar refractivity (Wildman–Crippen MR) is 50.8 cm³/mol. The van der Waals surface area contributed by atoms with Crippen LogP contribution in [-0.4, -0.2) is 40.3 Å². The van der Waals surface area contributed by atoms with Crippen LogP contribution in [0.15, 0.2) is 0 Å². The van der Waals surface area contributed by atoms with Gasteiger partial charge in [-0.3, -0.25) is 4.79 Å². The summed E-state index contributed by atoms with van der Waals surface area (Å²) in [4.78, 5) is 18.8. The van der Waals surface area contributed by atoms with Crippen molar-refractivity contribution in [2.45, 2.75) is 12.5 Å². The van der Waals surface area contributed by atoms with Gasteiger partial charge in [0.2, 0.25) is 0 Å². The van der Waals surface area contributed by atoms with Crippen LogP contribution >= 0.6 is 11.8 Å². The van der Waals surface area contributed by atoms with Gasteiger partial charge in [0.25, 0.3) is 0 Å². The molecule has 6 nitrogen and oxygen atoms in total. The second kappa shape index (κ2) is 9.14. The highest BCUT2D eigenvalue weighted by atomic mass is 32.2. The number of thioether (sulfide) groups is 1. The topological polar surface area (TPSA) is 127 Å². The first-order valence-electron chi connectivity index (χ1n) is 3.37. The largest absolute Gasteiger partial charge is 0.480 e. The number of nitrogens with two attached hydrogens (primary N) is 2. The first-order chi connectivity index (χ1) is 5.91. The zero-order valence-corrected chi connectivity index (χ0v) is 8.08. The zero-order chi connectivity index (χ0) is 10.9. The standard InChI is InChI=1S/C5H11NO2S.CH3NO2/c1-9-3-2-4(6)5(7)8;2-1(3)4/h4H,2-3,6H2,1H3,(H,7,8);2H2,(H,3,4). The molecule has 0 rings (SSSR count). The van der Waals surface area contributed by atoms with Crippen LogP contribution in [0.2, 0.25) is 0 Å². The first-order valence-corrected chi connectivity index (χ1v) is 4.77. The van der Waals surface area contributed by atoms with Gasteiger partial charge in [-0.15, -0.1) is 0 Å². The molecule has 0 radical (unpaired) electrons. The van der Waals surface area contributed by atoms with Crippen LogP contribution in [0.5, 0.6) is 0 Å². The van der Waals surface area contributed by atoms with Gasteiger partial charge in [-0.05, 0) is 18.4 Å². The van der Waals surface area contributed by atoms with Crippen LogP contribution in [0.3, 0.4) is 0 Å². The van der Waals surface area contributed by atoms with E-state index in [1.165, 1.54) is 0 Å². The molecule has 0 bridgehead atoms. The molecule has 0 heterocycles. The number of amides is 1. The lowest BCUT2D eigenvalue weighted by Crippen LogP contribution is -2.30. The van der Waals surface area contributed by atoms with Gasteiger partial charge in [0.05, 0.1) is 0 Å². The molecule has 0 saturated carbocycles. The fraction of sp³-hybridized carbons (Fsp3) is 0.667. The predicted octanol–water partition coefficient (Wildman–Crippen LogP) is -0.225. The van der Waals surface area contributed by atoms with E-state index in [0.29, 0.717) is 6.42 Å². The van der Waals surface area contributed by atoms with Crippen molar-refractivity contribution in [3.63, 3.8) is 0 Å². The van der Waals surface area contributed by atoms with Gasteiger partial charge in [-0.2, -0.15) is 11.8 Å². The highest BCUT2D eigenvalue weighted by molar-refractivity contribution is 7.98. The van der Waals surface area contributed by atoms with Crippen molar-refractivity contribution in [2.75, 3.05) is 12.0 Å². The smallest absolute Gasteiger partial charge is 0.402 e. The number of carboxylic acids is 1. The van der Waals surface area contributed by atoms with Crippen molar-refractivity contribution in [2.24, 2.45) is 11.5 Å². The minimum Gasteiger partial charge on any atom is -0.480 e. The van der Waals surface area contributed by atoms with E-state index in [-0.39, 0.29) is 0 Å². The number of aliphatic carboxylic acids is 1. The molecule has 0 fully saturated rings. The number of primary amides is 1. The zero-order valence-electron chi connectivity index (χ0n) is 7.27. The lowest BCUT2D eigenvalue weighted by atomic mass is 10.2. The van der Waals surface area contributed by atoms with Crippen molar-refractivity contribution >= 4 is 23.8 Å². The second-order valence-electron chi connectivity index (χ2n) is 2.06. The SMILES string of the molecule is CSCCC(N)C(=O)O.NC(=O)O. The maximum atomic E-state index is 10.1. The maximum absolute atomic E-state index is 10.1. The quantitative estimate of drug-likeness (QED) is 0.508. The van der Waals surface area contributed by atoms with E-state index in [4.69, 9.17) is 20.7 Å². The molecule has 0 aromatic rings. The molecule has 0 aromatic carbocycles. The lowest BCUT2D eigenvalue weighted by Gasteiger charge is -2.02. The molecule has 0 aliphatic heterocycles. The van der Waals surface area contributed by atoms with Gasteiger partial charge >= 0.3 is 12.1 Å². The number of hydrogen-bond acceptors (Lipinski definition) is 4.